The zero-order chi connectivity index (χ0) is 23.4. The van der Waals surface area contributed by atoms with Crippen molar-refractivity contribution in [2.75, 3.05) is 17.7 Å². The van der Waals surface area contributed by atoms with Gasteiger partial charge in [0, 0.05) is 33.1 Å². The first-order valence-corrected chi connectivity index (χ1v) is 10.5. The molecule has 0 unspecified atom stereocenters. The maximum atomic E-state index is 12.5. The van der Waals surface area contributed by atoms with E-state index in [9.17, 15) is 9.59 Å². The summed E-state index contributed by atoms with van der Waals surface area (Å²) in [5.74, 6) is 0.770. The molecule has 3 aromatic carbocycles. The van der Waals surface area contributed by atoms with Gasteiger partial charge in [0.05, 0.1) is 12.8 Å². The van der Waals surface area contributed by atoms with E-state index in [0.717, 1.165) is 11.3 Å². The SMILES string of the molecule is COc1ccc(C(=O)Nc2ccc(-c3nc(Nc4ccc(Cl)cc4)[nH]c(=O)c3C)cc2)cc1. The molecule has 0 saturated heterocycles. The summed E-state index contributed by atoms with van der Waals surface area (Å²) in [5, 5.41) is 6.56. The monoisotopic (exact) mass is 460 g/mol. The van der Waals surface area contributed by atoms with E-state index in [2.05, 4.69) is 20.6 Å². The first kappa shape index (κ1) is 22.1. The van der Waals surface area contributed by atoms with E-state index in [1.54, 1.807) is 74.7 Å². The van der Waals surface area contributed by atoms with Crippen molar-refractivity contribution >= 4 is 34.8 Å². The molecule has 1 amide bonds. The van der Waals surface area contributed by atoms with Crippen LogP contribution in [-0.2, 0) is 0 Å². The van der Waals surface area contributed by atoms with Gasteiger partial charge in [-0.3, -0.25) is 14.6 Å². The third kappa shape index (κ3) is 5.22. The second-order valence-electron chi connectivity index (χ2n) is 7.28. The first-order chi connectivity index (χ1) is 15.9. The number of carbonyl (C=O) groups excluding carboxylic acids is 1. The average Bonchev–Trinajstić information content (AvgIpc) is 2.83. The molecule has 1 aromatic heterocycles. The topological polar surface area (TPSA) is 96.1 Å². The van der Waals surface area contributed by atoms with Gasteiger partial charge < -0.3 is 15.4 Å². The fourth-order valence-electron chi connectivity index (χ4n) is 3.20. The maximum absolute atomic E-state index is 12.5. The van der Waals surface area contributed by atoms with Crippen LogP contribution in [-0.4, -0.2) is 23.0 Å². The Balaban J connectivity index is 1.54. The molecular formula is C25H21ClN4O3. The van der Waals surface area contributed by atoms with Gasteiger partial charge in [0.15, 0.2) is 0 Å². The van der Waals surface area contributed by atoms with Crippen LogP contribution in [0.2, 0.25) is 5.02 Å². The van der Waals surface area contributed by atoms with Crippen LogP contribution in [0, 0.1) is 6.92 Å². The number of anilines is 3. The summed E-state index contributed by atoms with van der Waals surface area (Å²) in [5.41, 5.74) is 3.43. The van der Waals surface area contributed by atoms with Gasteiger partial charge in [0.2, 0.25) is 5.95 Å². The number of amides is 1. The molecule has 8 heteroatoms. The van der Waals surface area contributed by atoms with Gasteiger partial charge >= 0.3 is 0 Å². The standard InChI is InChI=1S/C25H21ClN4O3/c1-15-22(29-25(30-23(15)31)28-20-11-7-18(26)8-12-20)16-3-9-19(10-4-16)27-24(32)17-5-13-21(33-2)14-6-17/h3-14H,1-2H3,(H,27,32)(H2,28,29,30,31). The Labute approximate surface area is 195 Å². The lowest BCUT2D eigenvalue weighted by molar-refractivity contribution is 0.102. The number of aromatic amines is 1. The second-order valence-corrected chi connectivity index (χ2v) is 7.72. The van der Waals surface area contributed by atoms with Gasteiger partial charge in [0.1, 0.15) is 5.75 Å². The number of methoxy groups -OCH3 is 1. The number of H-pyrrole nitrogens is 1. The van der Waals surface area contributed by atoms with Crippen molar-refractivity contribution in [3.8, 4) is 17.0 Å². The number of carbonyl (C=O) groups is 1. The number of aromatic nitrogens is 2. The molecule has 166 valence electrons. The van der Waals surface area contributed by atoms with E-state index in [4.69, 9.17) is 16.3 Å². The third-order valence-electron chi connectivity index (χ3n) is 5.03. The molecule has 0 spiro atoms. The summed E-state index contributed by atoms with van der Waals surface area (Å²) in [6.45, 7) is 1.71. The van der Waals surface area contributed by atoms with Crippen LogP contribution in [0.5, 0.6) is 5.75 Å². The highest BCUT2D eigenvalue weighted by atomic mass is 35.5. The van der Waals surface area contributed by atoms with E-state index in [1.807, 2.05) is 12.1 Å². The minimum absolute atomic E-state index is 0.231. The normalized spacial score (nSPS) is 10.5. The lowest BCUT2D eigenvalue weighted by atomic mass is 10.1. The number of ether oxygens (including phenoxy) is 1. The zero-order valence-electron chi connectivity index (χ0n) is 18.0. The fourth-order valence-corrected chi connectivity index (χ4v) is 3.33. The van der Waals surface area contributed by atoms with E-state index in [-0.39, 0.29) is 11.5 Å². The fraction of sp³-hybridized carbons (Fsp3) is 0.0800. The molecule has 0 aliphatic rings. The molecule has 4 aromatic rings. The molecule has 0 radical (unpaired) electrons. The van der Waals surface area contributed by atoms with Crippen LogP contribution in [0.1, 0.15) is 15.9 Å². The summed E-state index contributed by atoms with van der Waals surface area (Å²) >= 11 is 5.92. The highest BCUT2D eigenvalue weighted by Crippen LogP contribution is 2.24. The highest BCUT2D eigenvalue weighted by molar-refractivity contribution is 6.30. The Bertz CT molecular complexity index is 1330. The Kier molecular flexibility index (Phi) is 6.42. The third-order valence-corrected chi connectivity index (χ3v) is 5.28. The lowest BCUT2D eigenvalue weighted by Gasteiger charge is -2.11. The van der Waals surface area contributed by atoms with E-state index in [1.165, 1.54) is 0 Å². The summed E-state index contributed by atoms with van der Waals surface area (Å²) in [6.07, 6.45) is 0. The molecule has 1 heterocycles. The van der Waals surface area contributed by atoms with Crippen LogP contribution in [0.3, 0.4) is 0 Å². The molecule has 0 aliphatic carbocycles. The van der Waals surface area contributed by atoms with E-state index >= 15 is 0 Å². The van der Waals surface area contributed by atoms with Gasteiger partial charge in [-0.05, 0) is 67.6 Å². The largest absolute Gasteiger partial charge is 0.497 e. The second kappa shape index (κ2) is 9.58. The molecule has 3 N–H and O–H groups in total. The zero-order valence-corrected chi connectivity index (χ0v) is 18.7. The number of rotatable bonds is 6. The molecular weight excluding hydrogens is 440 g/mol. The number of benzene rings is 3. The Morgan fingerprint density at radius 1 is 0.939 bits per heavy atom. The summed E-state index contributed by atoms with van der Waals surface area (Å²) in [7, 11) is 1.57. The van der Waals surface area contributed by atoms with Crippen LogP contribution in [0.25, 0.3) is 11.3 Å². The van der Waals surface area contributed by atoms with Crippen molar-refractivity contribution in [3.63, 3.8) is 0 Å². The minimum atomic E-state index is -0.242. The number of hydrogen-bond acceptors (Lipinski definition) is 5. The molecule has 0 aliphatic heterocycles. The average molecular weight is 461 g/mol. The summed E-state index contributed by atoms with van der Waals surface area (Å²) in [4.78, 5) is 32.3. The summed E-state index contributed by atoms with van der Waals surface area (Å²) in [6, 6.07) is 21.1. The van der Waals surface area contributed by atoms with E-state index < -0.39 is 0 Å². The quantitative estimate of drug-likeness (QED) is 0.358. The highest BCUT2D eigenvalue weighted by Gasteiger charge is 2.11. The predicted octanol–water partition coefficient (Wildman–Crippen LogP) is 5.40. The van der Waals surface area contributed by atoms with Gasteiger partial charge in [-0.25, -0.2) is 4.98 Å². The molecule has 0 saturated carbocycles. The van der Waals surface area contributed by atoms with Crippen LogP contribution in [0.4, 0.5) is 17.3 Å². The number of hydrogen-bond donors (Lipinski definition) is 3. The van der Waals surface area contributed by atoms with Gasteiger partial charge in [0.25, 0.3) is 11.5 Å². The van der Waals surface area contributed by atoms with Gasteiger partial charge in [-0.15, -0.1) is 0 Å². The van der Waals surface area contributed by atoms with Crippen molar-refractivity contribution in [3.05, 3.63) is 99.3 Å². The molecule has 0 bridgehead atoms. The minimum Gasteiger partial charge on any atom is -0.497 e. The molecule has 33 heavy (non-hydrogen) atoms. The Hall–Kier alpha value is -4.10. The van der Waals surface area contributed by atoms with Gasteiger partial charge in [-0.1, -0.05) is 23.7 Å². The molecule has 7 nitrogen and oxygen atoms in total. The van der Waals surface area contributed by atoms with Crippen molar-refractivity contribution in [1.29, 1.82) is 0 Å². The molecule has 4 rings (SSSR count). The smallest absolute Gasteiger partial charge is 0.255 e. The van der Waals surface area contributed by atoms with Crippen molar-refractivity contribution in [1.82, 2.24) is 9.97 Å². The Morgan fingerprint density at radius 2 is 1.58 bits per heavy atom. The number of halogens is 1. The number of nitrogens with zero attached hydrogens (tertiary/aromatic N) is 1. The van der Waals surface area contributed by atoms with Gasteiger partial charge in [-0.2, -0.15) is 0 Å². The van der Waals surface area contributed by atoms with Crippen LogP contribution < -0.4 is 20.9 Å². The first-order valence-electron chi connectivity index (χ1n) is 10.1. The van der Waals surface area contributed by atoms with Crippen molar-refractivity contribution in [2.24, 2.45) is 0 Å². The van der Waals surface area contributed by atoms with Crippen molar-refractivity contribution < 1.29 is 9.53 Å². The van der Waals surface area contributed by atoms with Crippen LogP contribution >= 0.6 is 11.6 Å². The summed E-state index contributed by atoms with van der Waals surface area (Å²) < 4.78 is 5.11. The van der Waals surface area contributed by atoms with E-state index in [0.29, 0.717) is 39.2 Å². The van der Waals surface area contributed by atoms with Crippen molar-refractivity contribution in [2.45, 2.75) is 6.92 Å². The molecule has 0 atom stereocenters. The number of nitrogens with one attached hydrogen (secondary N) is 3. The Morgan fingerprint density at radius 3 is 2.21 bits per heavy atom. The maximum Gasteiger partial charge on any atom is 0.255 e. The van der Waals surface area contributed by atoms with Crippen LogP contribution in [0.15, 0.2) is 77.6 Å². The lowest BCUT2D eigenvalue weighted by Crippen LogP contribution is -2.15. The molecule has 0 fully saturated rings. The predicted molar refractivity (Wildman–Crippen MR) is 131 cm³/mol.